The largest absolute Gasteiger partial charge is 0.401 e. The van der Waals surface area contributed by atoms with Crippen LogP contribution in [0.4, 0.5) is 10.7 Å². The molecule has 1 aromatic rings. The molecule has 8 nitrogen and oxygen atoms in total. The van der Waals surface area contributed by atoms with Crippen LogP contribution in [0.1, 0.15) is 44.3 Å². The summed E-state index contributed by atoms with van der Waals surface area (Å²) >= 11 is 0. The van der Waals surface area contributed by atoms with Crippen molar-refractivity contribution in [1.82, 2.24) is 19.3 Å². The molecule has 4 heterocycles. The zero-order chi connectivity index (χ0) is 19.1. The molecule has 0 aliphatic carbocycles. The number of hydrogen-bond donors (Lipinski definition) is 0. The summed E-state index contributed by atoms with van der Waals surface area (Å²) in [4.78, 5) is 36.0. The molecule has 0 aromatic carbocycles. The highest BCUT2D eigenvalue weighted by molar-refractivity contribution is 6.19. The Hall–Kier alpha value is -2.22. The molecule has 8 heteroatoms. The van der Waals surface area contributed by atoms with Gasteiger partial charge in [-0.25, -0.2) is 13.9 Å². The van der Waals surface area contributed by atoms with Crippen molar-refractivity contribution in [2.75, 3.05) is 33.2 Å². The van der Waals surface area contributed by atoms with Gasteiger partial charge in [-0.3, -0.25) is 14.6 Å². The number of amidine groups is 1. The molecule has 3 aliphatic rings. The van der Waals surface area contributed by atoms with E-state index >= 15 is 0 Å². The Kier molecular flexibility index (Phi) is 4.75. The molecule has 2 fully saturated rings. The topological polar surface area (TPSA) is 65.0 Å². The van der Waals surface area contributed by atoms with E-state index in [4.69, 9.17) is 0 Å². The van der Waals surface area contributed by atoms with Gasteiger partial charge in [-0.05, 0) is 39.3 Å². The molecule has 3 aliphatic heterocycles. The number of hydrogen-bond acceptors (Lipinski definition) is 4. The van der Waals surface area contributed by atoms with Crippen molar-refractivity contribution in [3.63, 3.8) is 0 Å². The molecule has 2 saturated heterocycles. The van der Waals surface area contributed by atoms with Crippen LogP contribution in [0.15, 0.2) is 11.2 Å². The third-order valence-electron chi connectivity index (χ3n) is 5.86. The molecule has 0 bridgehead atoms. The molecule has 146 valence electrons. The summed E-state index contributed by atoms with van der Waals surface area (Å²) in [7, 11) is 1.72. The van der Waals surface area contributed by atoms with Crippen molar-refractivity contribution in [3.05, 3.63) is 11.9 Å². The highest BCUT2D eigenvalue weighted by Gasteiger charge is 2.52. The summed E-state index contributed by atoms with van der Waals surface area (Å²) in [5.74, 6) is 1.14. The van der Waals surface area contributed by atoms with Gasteiger partial charge in [0.15, 0.2) is 0 Å². The molecule has 3 amide bonds. The number of imidazole rings is 1. The molecule has 1 atom stereocenters. The van der Waals surface area contributed by atoms with Gasteiger partial charge in [-0.2, -0.15) is 0 Å². The summed E-state index contributed by atoms with van der Waals surface area (Å²) in [6.45, 7) is 8.30. The molecule has 1 unspecified atom stereocenters. The highest BCUT2D eigenvalue weighted by atomic mass is 16.2. The number of aryl methyl sites for hydroxylation is 1. The molecule has 0 N–H and O–H groups in total. The van der Waals surface area contributed by atoms with Crippen LogP contribution in [-0.4, -0.2) is 70.3 Å². The van der Waals surface area contributed by atoms with E-state index in [0.717, 1.165) is 44.2 Å². The summed E-state index contributed by atoms with van der Waals surface area (Å²) in [6.07, 6.45) is 6.64. The Bertz CT molecular complexity index is 792. The average molecular weight is 373 g/mol. The Morgan fingerprint density at radius 2 is 1.89 bits per heavy atom. The van der Waals surface area contributed by atoms with Gasteiger partial charge in [0, 0.05) is 20.1 Å². The fourth-order valence-electron chi connectivity index (χ4n) is 4.36. The van der Waals surface area contributed by atoms with Gasteiger partial charge in [0.1, 0.15) is 11.9 Å². The SMILES string of the molecule is CCCn1c(C)c[n+]2c1N=C1C2C(=O)N(CCN2CCCCC2)C(=O)N1C. The molecule has 4 rings (SSSR count). The van der Waals surface area contributed by atoms with Crippen LogP contribution in [0.3, 0.4) is 0 Å². The number of amides is 3. The fraction of sp³-hybridized carbons (Fsp3) is 0.684. The molecule has 0 saturated carbocycles. The van der Waals surface area contributed by atoms with Gasteiger partial charge < -0.3 is 4.90 Å². The van der Waals surface area contributed by atoms with Crippen molar-refractivity contribution in [2.24, 2.45) is 4.99 Å². The second-order valence-corrected chi connectivity index (χ2v) is 7.74. The first-order chi connectivity index (χ1) is 13.0. The number of aliphatic imine (C=N–C) groups is 1. The van der Waals surface area contributed by atoms with E-state index in [2.05, 4.69) is 21.4 Å². The number of likely N-dealkylation sites (tertiary alicyclic amines) is 1. The van der Waals surface area contributed by atoms with E-state index in [9.17, 15) is 9.59 Å². The van der Waals surface area contributed by atoms with Gasteiger partial charge in [0.25, 0.3) is 5.91 Å². The Morgan fingerprint density at radius 3 is 2.59 bits per heavy atom. The van der Waals surface area contributed by atoms with E-state index in [-0.39, 0.29) is 11.9 Å². The lowest BCUT2D eigenvalue weighted by Crippen LogP contribution is -2.63. The Morgan fingerprint density at radius 1 is 1.15 bits per heavy atom. The normalized spacial score (nSPS) is 22.9. The van der Waals surface area contributed by atoms with E-state index in [0.29, 0.717) is 12.4 Å². The first kappa shape index (κ1) is 18.2. The zero-order valence-corrected chi connectivity index (χ0v) is 16.5. The summed E-state index contributed by atoms with van der Waals surface area (Å²) in [5.41, 5.74) is 1.09. The Balaban J connectivity index is 1.58. The third kappa shape index (κ3) is 2.96. The minimum Gasteiger partial charge on any atom is -0.302 e. The summed E-state index contributed by atoms with van der Waals surface area (Å²) in [6, 6.07) is -0.794. The lowest BCUT2D eigenvalue weighted by molar-refractivity contribution is -0.677. The number of urea groups is 1. The van der Waals surface area contributed by atoms with E-state index in [1.807, 2.05) is 17.7 Å². The lowest BCUT2D eigenvalue weighted by atomic mass is 10.1. The molecule has 27 heavy (non-hydrogen) atoms. The van der Waals surface area contributed by atoms with Crippen LogP contribution < -0.4 is 4.57 Å². The molecule has 1 aromatic heterocycles. The molecular weight excluding hydrogens is 344 g/mol. The predicted octanol–water partition coefficient (Wildman–Crippen LogP) is 1.46. The summed E-state index contributed by atoms with van der Waals surface area (Å²) < 4.78 is 4.05. The van der Waals surface area contributed by atoms with Gasteiger partial charge in [0.05, 0.1) is 6.54 Å². The van der Waals surface area contributed by atoms with Crippen LogP contribution in [0.5, 0.6) is 0 Å². The minimum atomic E-state index is -0.527. The molecule has 0 spiro atoms. The number of aromatic nitrogens is 2. The second kappa shape index (κ2) is 7.07. The number of carbonyl (C=O) groups excluding carboxylic acids is 2. The first-order valence-corrected chi connectivity index (χ1v) is 10.0. The van der Waals surface area contributed by atoms with Gasteiger partial charge >= 0.3 is 12.0 Å². The molecular formula is C19H29N6O2+. The number of likely N-dealkylation sites (N-methyl/N-ethyl adjacent to an activating group) is 1. The number of imide groups is 1. The van der Waals surface area contributed by atoms with Crippen LogP contribution >= 0.6 is 0 Å². The number of fused-ring (bicyclic) bond motifs is 3. The van der Waals surface area contributed by atoms with E-state index < -0.39 is 6.04 Å². The maximum absolute atomic E-state index is 13.2. The number of piperidine rings is 1. The maximum atomic E-state index is 13.2. The monoisotopic (exact) mass is 373 g/mol. The standard InChI is InChI=1S/C19H29N6O2/c1-4-8-23-14(2)13-25-15-16(20-18(23)25)21(3)19(27)24(17(15)26)12-11-22-9-6-5-7-10-22/h13,15H,4-12H2,1-3H3/q+1. The van der Waals surface area contributed by atoms with Crippen LogP contribution in [0.25, 0.3) is 0 Å². The zero-order valence-electron chi connectivity index (χ0n) is 16.5. The van der Waals surface area contributed by atoms with Gasteiger partial charge in [-0.15, -0.1) is 0 Å². The number of carbonyl (C=O) groups is 2. The van der Waals surface area contributed by atoms with Crippen molar-refractivity contribution in [2.45, 2.75) is 52.1 Å². The van der Waals surface area contributed by atoms with Crippen molar-refractivity contribution in [3.8, 4) is 0 Å². The van der Waals surface area contributed by atoms with Crippen molar-refractivity contribution < 1.29 is 14.2 Å². The fourth-order valence-corrected chi connectivity index (χ4v) is 4.36. The quantitative estimate of drug-likeness (QED) is 0.734. The lowest BCUT2D eigenvalue weighted by Gasteiger charge is -2.35. The minimum absolute atomic E-state index is 0.161. The Labute approximate surface area is 160 Å². The van der Waals surface area contributed by atoms with E-state index in [1.165, 1.54) is 24.2 Å². The first-order valence-electron chi connectivity index (χ1n) is 10.0. The van der Waals surface area contributed by atoms with E-state index in [1.54, 1.807) is 11.9 Å². The third-order valence-corrected chi connectivity index (χ3v) is 5.86. The summed E-state index contributed by atoms with van der Waals surface area (Å²) in [5, 5.41) is 0. The van der Waals surface area contributed by atoms with Crippen LogP contribution in [-0.2, 0) is 11.3 Å². The maximum Gasteiger partial charge on any atom is 0.401 e. The van der Waals surface area contributed by atoms with Gasteiger partial charge in [-0.1, -0.05) is 18.3 Å². The average Bonchev–Trinajstić information content (AvgIpc) is 3.17. The smallest absolute Gasteiger partial charge is 0.302 e. The number of nitrogens with zero attached hydrogens (tertiary/aromatic N) is 6. The van der Waals surface area contributed by atoms with Crippen molar-refractivity contribution >= 4 is 23.7 Å². The van der Waals surface area contributed by atoms with Crippen LogP contribution in [0.2, 0.25) is 0 Å². The second-order valence-electron chi connectivity index (χ2n) is 7.74. The number of rotatable bonds is 5. The highest BCUT2D eigenvalue weighted by Crippen LogP contribution is 2.29. The van der Waals surface area contributed by atoms with Crippen molar-refractivity contribution in [1.29, 1.82) is 0 Å². The predicted molar refractivity (Wildman–Crippen MR) is 101 cm³/mol. The van der Waals surface area contributed by atoms with Gasteiger partial charge in [0.2, 0.25) is 11.9 Å². The molecule has 0 radical (unpaired) electrons. The van der Waals surface area contributed by atoms with Crippen LogP contribution in [0, 0.1) is 6.92 Å².